The molecule has 22 heavy (non-hydrogen) atoms. The molecule has 1 aromatic heterocycles. The Morgan fingerprint density at radius 1 is 1.36 bits per heavy atom. The van der Waals surface area contributed by atoms with Crippen LogP contribution in [0.2, 0.25) is 0 Å². The van der Waals surface area contributed by atoms with Crippen LogP contribution < -0.4 is 5.32 Å². The van der Waals surface area contributed by atoms with Gasteiger partial charge in [-0.1, -0.05) is 13.8 Å². The summed E-state index contributed by atoms with van der Waals surface area (Å²) < 4.78 is 5.00. The lowest BCUT2D eigenvalue weighted by molar-refractivity contribution is -0.145. The van der Waals surface area contributed by atoms with E-state index < -0.39 is 5.54 Å². The second-order valence-corrected chi connectivity index (χ2v) is 6.62. The zero-order valence-corrected chi connectivity index (χ0v) is 14.4. The third kappa shape index (κ3) is 6.05. The molecular formula is C16H24N2O3S. The molecule has 1 amide bonds. The lowest BCUT2D eigenvalue weighted by Crippen LogP contribution is -2.52. The van der Waals surface area contributed by atoms with Crippen LogP contribution in [0.5, 0.6) is 0 Å². The predicted octanol–water partition coefficient (Wildman–Crippen LogP) is 2.66. The summed E-state index contributed by atoms with van der Waals surface area (Å²) in [5.74, 6) is 0.0321. The van der Waals surface area contributed by atoms with E-state index >= 15 is 0 Å². The van der Waals surface area contributed by atoms with Crippen molar-refractivity contribution in [3.05, 3.63) is 24.5 Å². The molecule has 0 saturated heterocycles. The first-order valence-electron chi connectivity index (χ1n) is 7.37. The molecule has 1 N–H and O–H groups in total. The number of thioether (sulfide) groups is 1. The molecule has 0 aliphatic rings. The predicted molar refractivity (Wildman–Crippen MR) is 87.6 cm³/mol. The van der Waals surface area contributed by atoms with Gasteiger partial charge in [-0.3, -0.25) is 14.6 Å². The van der Waals surface area contributed by atoms with Gasteiger partial charge in [0.25, 0.3) is 0 Å². The Morgan fingerprint density at radius 2 is 2.00 bits per heavy atom. The van der Waals surface area contributed by atoms with Crippen LogP contribution in [0.4, 0.5) is 0 Å². The molecule has 0 fully saturated rings. The van der Waals surface area contributed by atoms with Crippen molar-refractivity contribution >= 4 is 23.6 Å². The molecular weight excluding hydrogens is 300 g/mol. The zero-order chi connectivity index (χ0) is 16.6. The van der Waals surface area contributed by atoms with Crippen molar-refractivity contribution in [1.82, 2.24) is 10.3 Å². The number of aromatic nitrogens is 1. The zero-order valence-electron chi connectivity index (χ0n) is 13.6. The first-order valence-corrected chi connectivity index (χ1v) is 8.35. The maximum absolute atomic E-state index is 12.2. The summed E-state index contributed by atoms with van der Waals surface area (Å²) in [7, 11) is 0. The summed E-state index contributed by atoms with van der Waals surface area (Å²) in [5, 5.41) is 2.98. The van der Waals surface area contributed by atoms with Gasteiger partial charge in [0, 0.05) is 22.8 Å². The van der Waals surface area contributed by atoms with E-state index in [-0.39, 0.29) is 24.2 Å². The van der Waals surface area contributed by atoms with Gasteiger partial charge in [0.05, 0.1) is 18.8 Å². The minimum absolute atomic E-state index is 0.0951. The van der Waals surface area contributed by atoms with Gasteiger partial charge in [-0.15, -0.1) is 11.8 Å². The number of esters is 1. The summed E-state index contributed by atoms with van der Waals surface area (Å²) >= 11 is 1.44. The van der Waals surface area contributed by atoms with Crippen LogP contribution in [0.1, 0.15) is 34.1 Å². The van der Waals surface area contributed by atoms with Crippen LogP contribution in [0, 0.1) is 5.92 Å². The van der Waals surface area contributed by atoms with E-state index in [4.69, 9.17) is 4.74 Å². The topological polar surface area (TPSA) is 68.3 Å². The van der Waals surface area contributed by atoms with Gasteiger partial charge in [0.2, 0.25) is 5.91 Å². The number of pyridine rings is 1. The minimum atomic E-state index is -0.609. The molecule has 0 aliphatic heterocycles. The fourth-order valence-electron chi connectivity index (χ4n) is 1.84. The molecule has 1 rings (SSSR count). The largest absolute Gasteiger partial charge is 0.466 e. The molecule has 1 atom stereocenters. The number of amides is 1. The third-order valence-electron chi connectivity index (χ3n) is 3.54. The number of rotatable bonds is 8. The van der Waals surface area contributed by atoms with Crippen LogP contribution in [0.15, 0.2) is 29.4 Å². The average molecular weight is 324 g/mol. The summed E-state index contributed by atoms with van der Waals surface area (Å²) in [5.41, 5.74) is -0.609. The van der Waals surface area contributed by atoms with E-state index in [1.54, 1.807) is 19.3 Å². The second-order valence-electron chi connectivity index (χ2n) is 5.57. The third-order valence-corrected chi connectivity index (χ3v) is 4.55. The number of hydrogen-bond acceptors (Lipinski definition) is 5. The second kappa shape index (κ2) is 8.78. The van der Waals surface area contributed by atoms with Crippen LogP contribution in [0.25, 0.3) is 0 Å². The van der Waals surface area contributed by atoms with Gasteiger partial charge in [0.15, 0.2) is 0 Å². The SMILES string of the molecule is CCOC(=O)C[C@](C)(NC(=O)CSc1ccncc1)C(C)C. The Kier molecular flexibility index (Phi) is 7.38. The van der Waals surface area contributed by atoms with E-state index in [0.29, 0.717) is 12.4 Å². The average Bonchev–Trinajstić information content (AvgIpc) is 2.46. The van der Waals surface area contributed by atoms with Gasteiger partial charge >= 0.3 is 5.97 Å². The number of nitrogens with one attached hydrogen (secondary N) is 1. The highest BCUT2D eigenvalue weighted by Crippen LogP contribution is 2.22. The number of ether oxygens (including phenoxy) is 1. The van der Waals surface area contributed by atoms with Crippen molar-refractivity contribution in [3.63, 3.8) is 0 Å². The van der Waals surface area contributed by atoms with Crippen molar-refractivity contribution in [1.29, 1.82) is 0 Å². The molecule has 1 heterocycles. The quantitative estimate of drug-likeness (QED) is 0.588. The van der Waals surface area contributed by atoms with Crippen LogP contribution in [0.3, 0.4) is 0 Å². The Balaban J connectivity index is 2.58. The molecule has 122 valence electrons. The van der Waals surface area contributed by atoms with Crippen molar-refractivity contribution in [2.75, 3.05) is 12.4 Å². The normalized spacial score (nSPS) is 13.5. The molecule has 5 nitrogen and oxygen atoms in total. The first-order chi connectivity index (χ1) is 10.4. The van der Waals surface area contributed by atoms with Gasteiger partial charge in [-0.25, -0.2) is 0 Å². The van der Waals surface area contributed by atoms with Crippen molar-refractivity contribution in [2.24, 2.45) is 5.92 Å². The fraction of sp³-hybridized carbons (Fsp3) is 0.562. The van der Waals surface area contributed by atoms with Gasteiger partial charge in [-0.05, 0) is 31.9 Å². The number of nitrogens with zero attached hydrogens (tertiary/aromatic N) is 1. The Labute approximate surface area is 136 Å². The molecule has 0 unspecified atom stereocenters. The van der Waals surface area contributed by atoms with Crippen LogP contribution >= 0.6 is 11.8 Å². The van der Waals surface area contributed by atoms with Crippen molar-refractivity contribution < 1.29 is 14.3 Å². The van der Waals surface area contributed by atoms with E-state index in [1.165, 1.54) is 11.8 Å². The summed E-state index contributed by atoms with van der Waals surface area (Å²) in [4.78, 5) is 28.8. The maximum atomic E-state index is 12.2. The Hall–Kier alpha value is -1.56. The first kappa shape index (κ1) is 18.5. The standard InChI is InChI=1S/C16H24N2O3S/c1-5-21-15(20)10-16(4,12(2)3)18-14(19)11-22-13-6-8-17-9-7-13/h6-9,12H,5,10-11H2,1-4H3,(H,18,19)/t16-/m0/s1. The summed E-state index contributed by atoms with van der Waals surface area (Å²) in [6, 6.07) is 3.72. The molecule has 0 saturated carbocycles. The highest BCUT2D eigenvalue weighted by atomic mass is 32.2. The van der Waals surface area contributed by atoms with Gasteiger partial charge in [0.1, 0.15) is 0 Å². The molecule has 0 bridgehead atoms. The number of carbonyl (C=O) groups is 2. The fourth-order valence-corrected chi connectivity index (χ4v) is 2.53. The van der Waals surface area contributed by atoms with E-state index in [9.17, 15) is 9.59 Å². The number of carbonyl (C=O) groups excluding carboxylic acids is 2. The Bertz CT molecular complexity index is 493. The minimum Gasteiger partial charge on any atom is -0.466 e. The van der Waals surface area contributed by atoms with Gasteiger partial charge in [-0.2, -0.15) is 0 Å². The summed E-state index contributed by atoms with van der Waals surface area (Å²) in [6.45, 7) is 7.96. The molecule has 0 radical (unpaired) electrons. The van der Waals surface area contributed by atoms with Crippen LogP contribution in [-0.4, -0.2) is 34.8 Å². The van der Waals surface area contributed by atoms with E-state index in [2.05, 4.69) is 10.3 Å². The number of hydrogen-bond donors (Lipinski definition) is 1. The maximum Gasteiger partial charge on any atom is 0.308 e. The lowest BCUT2D eigenvalue weighted by Gasteiger charge is -2.34. The van der Waals surface area contributed by atoms with E-state index in [0.717, 1.165) is 4.90 Å². The van der Waals surface area contributed by atoms with Crippen molar-refractivity contribution in [2.45, 2.75) is 44.6 Å². The van der Waals surface area contributed by atoms with Gasteiger partial charge < -0.3 is 10.1 Å². The monoisotopic (exact) mass is 324 g/mol. The molecule has 0 aromatic carbocycles. The Morgan fingerprint density at radius 3 is 2.55 bits per heavy atom. The van der Waals surface area contributed by atoms with E-state index in [1.807, 2.05) is 32.9 Å². The molecule has 6 heteroatoms. The lowest BCUT2D eigenvalue weighted by atomic mass is 9.85. The molecule has 0 aliphatic carbocycles. The molecule has 0 spiro atoms. The molecule has 1 aromatic rings. The van der Waals surface area contributed by atoms with Crippen molar-refractivity contribution in [3.8, 4) is 0 Å². The summed E-state index contributed by atoms with van der Waals surface area (Å²) in [6.07, 6.45) is 3.56. The highest BCUT2D eigenvalue weighted by molar-refractivity contribution is 8.00. The smallest absolute Gasteiger partial charge is 0.308 e. The highest BCUT2D eigenvalue weighted by Gasteiger charge is 2.33. The van der Waals surface area contributed by atoms with Crippen LogP contribution in [-0.2, 0) is 14.3 Å².